The molecule has 0 aromatic heterocycles. The zero-order valence-electron chi connectivity index (χ0n) is 14.9. The van der Waals surface area contributed by atoms with Crippen molar-refractivity contribution in [1.29, 1.82) is 0 Å². The van der Waals surface area contributed by atoms with Gasteiger partial charge in [-0.1, -0.05) is 29.8 Å². The number of aryl methyl sites for hydroxylation is 1. The third-order valence-electron chi connectivity index (χ3n) is 5.31. The largest absolute Gasteiger partial charge is 0.379 e. The van der Waals surface area contributed by atoms with Crippen LogP contribution in [0.25, 0.3) is 0 Å². The van der Waals surface area contributed by atoms with Gasteiger partial charge in [-0.05, 0) is 38.2 Å². The van der Waals surface area contributed by atoms with Gasteiger partial charge in [-0.15, -0.1) is 0 Å². The molecule has 0 bridgehead atoms. The molecule has 2 heterocycles. The lowest BCUT2D eigenvalue weighted by atomic mass is 9.97. The Kier molecular flexibility index (Phi) is 6.27. The summed E-state index contributed by atoms with van der Waals surface area (Å²) >= 11 is 0. The molecule has 0 N–H and O–H groups in total. The second kappa shape index (κ2) is 8.63. The number of carbonyl (C=O) groups excluding carboxylic acids is 1. The van der Waals surface area contributed by atoms with E-state index < -0.39 is 0 Å². The summed E-state index contributed by atoms with van der Waals surface area (Å²) in [7, 11) is 0. The summed E-state index contributed by atoms with van der Waals surface area (Å²) in [6.07, 6.45) is 5.19. The number of piperidine rings is 1. The summed E-state index contributed by atoms with van der Waals surface area (Å²) in [5.74, 6) is 0.297. The molecule has 0 radical (unpaired) electrons. The topological polar surface area (TPSA) is 32.8 Å². The average Bonchev–Trinajstić information content (AvgIpc) is 2.63. The van der Waals surface area contributed by atoms with E-state index in [9.17, 15) is 4.79 Å². The Labute approximate surface area is 145 Å². The highest BCUT2D eigenvalue weighted by Crippen LogP contribution is 2.21. The van der Waals surface area contributed by atoms with Crippen LogP contribution in [-0.4, -0.2) is 61.1 Å². The summed E-state index contributed by atoms with van der Waals surface area (Å²) in [5.41, 5.74) is 2.37. The van der Waals surface area contributed by atoms with Gasteiger partial charge in [0.05, 0.1) is 19.6 Å². The minimum Gasteiger partial charge on any atom is -0.379 e. The Hall–Kier alpha value is -1.39. The van der Waals surface area contributed by atoms with Gasteiger partial charge in [-0.3, -0.25) is 9.69 Å². The first-order valence-electron chi connectivity index (χ1n) is 9.37. The van der Waals surface area contributed by atoms with Crippen molar-refractivity contribution in [2.24, 2.45) is 0 Å². The fraction of sp³-hybridized carbons (Fsp3) is 0.650. The zero-order chi connectivity index (χ0) is 16.8. The molecule has 132 valence electrons. The summed E-state index contributed by atoms with van der Waals surface area (Å²) in [5, 5.41) is 0. The highest BCUT2D eigenvalue weighted by atomic mass is 16.5. The van der Waals surface area contributed by atoms with E-state index in [-0.39, 0.29) is 0 Å². The van der Waals surface area contributed by atoms with Crippen molar-refractivity contribution >= 4 is 5.91 Å². The smallest absolute Gasteiger partial charge is 0.227 e. The Bertz CT molecular complexity index is 523. The van der Waals surface area contributed by atoms with Gasteiger partial charge in [-0.25, -0.2) is 0 Å². The van der Waals surface area contributed by atoms with Crippen LogP contribution in [0.4, 0.5) is 0 Å². The van der Waals surface area contributed by atoms with Crippen molar-refractivity contribution in [3.8, 4) is 0 Å². The maximum atomic E-state index is 12.8. The van der Waals surface area contributed by atoms with Gasteiger partial charge in [0.15, 0.2) is 0 Å². The fourth-order valence-electron chi connectivity index (χ4n) is 3.77. The molecular weight excluding hydrogens is 300 g/mol. The van der Waals surface area contributed by atoms with E-state index in [0.717, 1.165) is 64.2 Å². The standard InChI is InChI=1S/C20H30N2O2/c1-17-5-7-18(8-6-17)16-20(23)22-10-3-2-4-19(22)9-11-21-12-14-24-15-13-21/h5-8,19H,2-4,9-16H2,1H3/t19-/m1/s1. The van der Waals surface area contributed by atoms with E-state index in [2.05, 4.69) is 41.0 Å². The molecule has 2 aliphatic rings. The first kappa shape index (κ1) is 17.4. The van der Waals surface area contributed by atoms with Gasteiger partial charge in [0.1, 0.15) is 0 Å². The predicted molar refractivity (Wildman–Crippen MR) is 96.1 cm³/mol. The number of nitrogens with zero attached hydrogens (tertiary/aromatic N) is 2. The van der Waals surface area contributed by atoms with Gasteiger partial charge in [-0.2, -0.15) is 0 Å². The van der Waals surface area contributed by atoms with Crippen LogP contribution in [0.5, 0.6) is 0 Å². The number of likely N-dealkylation sites (tertiary alicyclic amines) is 1. The third-order valence-corrected chi connectivity index (χ3v) is 5.31. The number of morpholine rings is 1. The Balaban J connectivity index is 1.54. The lowest BCUT2D eigenvalue weighted by molar-refractivity contribution is -0.134. The second-order valence-corrected chi connectivity index (χ2v) is 7.14. The molecule has 0 unspecified atom stereocenters. The van der Waals surface area contributed by atoms with E-state index >= 15 is 0 Å². The molecule has 4 nitrogen and oxygen atoms in total. The van der Waals surface area contributed by atoms with Crippen molar-refractivity contribution in [3.63, 3.8) is 0 Å². The van der Waals surface area contributed by atoms with Crippen molar-refractivity contribution in [3.05, 3.63) is 35.4 Å². The van der Waals surface area contributed by atoms with Crippen LogP contribution in [0.2, 0.25) is 0 Å². The molecule has 2 fully saturated rings. The molecule has 0 aliphatic carbocycles. The first-order valence-corrected chi connectivity index (χ1v) is 9.37. The molecule has 2 aliphatic heterocycles. The number of amides is 1. The maximum Gasteiger partial charge on any atom is 0.227 e. The molecule has 4 heteroatoms. The number of benzene rings is 1. The third kappa shape index (κ3) is 4.81. The van der Waals surface area contributed by atoms with E-state index in [0.29, 0.717) is 18.4 Å². The van der Waals surface area contributed by atoms with E-state index in [1.54, 1.807) is 0 Å². The maximum absolute atomic E-state index is 12.8. The molecule has 0 spiro atoms. The summed E-state index contributed by atoms with van der Waals surface area (Å²) in [4.78, 5) is 17.4. The van der Waals surface area contributed by atoms with Crippen LogP contribution < -0.4 is 0 Å². The minimum absolute atomic E-state index is 0.297. The monoisotopic (exact) mass is 330 g/mol. The fourth-order valence-corrected chi connectivity index (χ4v) is 3.77. The number of carbonyl (C=O) groups is 1. The number of ether oxygens (including phenoxy) is 1. The molecule has 1 aromatic carbocycles. The molecule has 0 saturated carbocycles. The molecule has 2 saturated heterocycles. The molecule has 24 heavy (non-hydrogen) atoms. The van der Waals surface area contributed by atoms with Crippen molar-refractivity contribution in [1.82, 2.24) is 9.80 Å². The Morgan fingerprint density at radius 3 is 2.62 bits per heavy atom. The summed E-state index contributed by atoms with van der Waals surface area (Å²) < 4.78 is 5.42. The second-order valence-electron chi connectivity index (χ2n) is 7.14. The van der Waals surface area contributed by atoms with Crippen LogP contribution >= 0.6 is 0 Å². The minimum atomic E-state index is 0.297. The van der Waals surface area contributed by atoms with Crippen LogP contribution in [0.15, 0.2) is 24.3 Å². The molecule has 1 atom stereocenters. The SMILES string of the molecule is Cc1ccc(CC(=O)N2CCCC[C@@H]2CCN2CCOCC2)cc1. The van der Waals surface area contributed by atoms with Crippen LogP contribution in [-0.2, 0) is 16.0 Å². The van der Waals surface area contributed by atoms with Gasteiger partial charge < -0.3 is 9.64 Å². The van der Waals surface area contributed by atoms with Crippen LogP contribution in [0.3, 0.4) is 0 Å². The molecule has 3 rings (SSSR count). The average molecular weight is 330 g/mol. The highest BCUT2D eigenvalue weighted by Gasteiger charge is 2.27. The highest BCUT2D eigenvalue weighted by molar-refractivity contribution is 5.79. The Morgan fingerprint density at radius 2 is 1.88 bits per heavy atom. The van der Waals surface area contributed by atoms with Crippen molar-refractivity contribution in [2.75, 3.05) is 39.4 Å². The number of hydrogen-bond donors (Lipinski definition) is 0. The van der Waals surface area contributed by atoms with Gasteiger partial charge in [0, 0.05) is 32.2 Å². The van der Waals surface area contributed by atoms with Gasteiger partial charge >= 0.3 is 0 Å². The molecule has 1 amide bonds. The summed E-state index contributed by atoms with van der Waals surface area (Å²) in [6.45, 7) is 7.86. The molecule has 1 aromatic rings. The van der Waals surface area contributed by atoms with E-state index in [4.69, 9.17) is 4.74 Å². The van der Waals surface area contributed by atoms with E-state index in [1.165, 1.54) is 12.0 Å². The first-order chi connectivity index (χ1) is 11.7. The van der Waals surface area contributed by atoms with E-state index in [1.807, 2.05) is 0 Å². The van der Waals surface area contributed by atoms with Crippen molar-refractivity contribution < 1.29 is 9.53 Å². The van der Waals surface area contributed by atoms with Crippen molar-refractivity contribution in [2.45, 2.75) is 45.1 Å². The predicted octanol–water partition coefficient (Wildman–Crippen LogP) is 2.64. The van der Waals surface area contributed by atoms with Gasteiger partial charge in [0.25, 0.3) is 0 Å². The quantitative estimate of drug-likeness (QED) is 0.832. The van der Waals surface area contributed by atoms with Gasteiger partial charge in [0.2, 0.25) is 5.91 Å². The number of hydrogen-bond acceptors (Lipinski definition) is 3. The molecular formula is C20H30N2O2. The zero-order valence-corrected chi connectivity index (χ0v) is 14.9. The number of rotatable bonds is 5. The van der Waals surface area contributed by atoms with Crippen LogP contribution in [0, 0.1) is 6.92 Å². The van der Waals surface area contributed by atoms with Crippen LogP contribution in [0.1, 0.15) is 36.8 Å². The Morgan fingerprint density at radius 1 is 1.12 bits per heavy atom. The lowest BCUT2D eigenvalue weighted by Gasteiger charge is -2.37. The lowest BCUT2D eigenvalue weighted by Crippen LogP contribution is -2.46. The summed E-state index contributed by atoms with van der Waals surface area (Å²) in [6, 6.07) is 8.77. The normalized spacial score (nSPS) is 22.5.